The predicted molar refractivity (Wildman–Crippen MR) is 98.0 cm³/mol. The highest BCUT2D eigenvalue weighted by Gasteiger charge is 2.05. The monoisotopic (exact) mass is 401 g/mol. The average molecular weight is 402 g/mol. The zero-order valence-corrected chi connectivity index (χ0v) is 14.5. The van der Waals surface area contributed by atoms with Crippen LogP contribution >= 0.6 is 15.9 Å². The first kappa shape index (κ1) is 16.9. The van der Waals surface area contributed by atoms with Gasteiger partial charge in [-0.3, -0.25) is 0 Å². The van der Waals surface area contributed by atoms with Gasteiger partial charge in [0.1, 0.15) is 17.3 Å². The number of carbonyl (C=O) groups is 1. The minimum absolute atomic E-state index is 0.338. The van der Waals surface area contributed by atoms with Crippen molar-refractivity contribution in [2.45, 2.75) is 0 Å². The Kier molecular flexibility index (Phi) is 5.25. The maximum atomic E-state index is 13.2. The number of halogens is 2. The summed E-state index contributed by atoms with van der Waals surface area (Å²) < 4.78 is 19.6. The summed E-state index contributed by atoms with van der Waals surface area (Å²) in [5, 5.41) is 6.46. The molecule has 3 rings (SSSR count). The van der Waals surface area contributed by atoms with E-state index in [1.807, 2.05) is 6.07 Å². The Bertz CT molecular complexity index is 924. The highest BCUT2D eigenvalue weighted by atomic mass is 79.9. The van der Waals surface area contributed by atoms with Crippen molar-refractivity contribution in [1.82, 2.24) is 5.43 Å². The summed E-state index contributed by atoms with van der Waals surface area (Å²) in [6.07, 6.45) is 1.36. The first-order valence-electron chi connectivity index (χ1n) is 7.31. The molecule has 0 aliphatic rings. The van der Waals surface area contributed by atoms with E-state index < -0.39 is 6.03 Å². The number of carbonyl (C=O) groups excluding carboxylic acids is 1. The standard InChI is InChI=1S/C18H13BrFN3O2/c19-13-4-2-6-15(10-13)22-18(24)23-21-11-16-7-8-17(25-16)12-3-1-5-14(20)9-12/h1-11H,(H2,22,23,24)/b21-11+. The molecular weight excluding hydrogens is 389 g/mol. The van der Waals surface area contributed by atoms with Crippen LogP contribution in [0.5, 0.6) is 0 Å². The first-order valence-corrected chi connectivity index (χ1v) is 8.11. The number of hydrogen-bond acceptors (Lipinski definition) is 3. The van der Waals surface area contributed by atoms with Gasteiger partial charge in [0.15, 0.2) is 0 Å². The lowest BCUT2D eigenvalue weighted by molar-refractivity contribution is 0.252. The molecule has 0 radical (unpaired) electrons. The summed E-state index contributed by atoms with van der Waals surface area (Å²) in [4.78, 5) is 11.8. The van der Waals surface area contributed by atoms with Crippen molar-refractivity contribution in [2.75, 3.05) is 5.32 Å². The molecule has 0 unspecified atom stereocenters. The van der Waals surface area contributed by atoms with E-state index in [0.29, 0.717) is 22.8 Å². The molecule has 0 saturated carbocycles. The number of amides is 2. The van der Waals surface area contributed by atoms with Gasteiger partial charge < -0.3 is 9.73 Å². The van der Waals surface area contributed by atoms with E-state index in [4.69, 9.17) is 4.42 Å². The number of urea groups is 1. The summed E-state index contributed by atoms with van der Waals surface area (Å²) in [5.41, 5.74) is 3.60. The zero-order valence-electron chi connectivity index (χ0n) is 12.9. The molecule has 2 aromatic carbocycles. The van der Waals surface area contributed by atoms with Gasteiger partial charge in [-0.1, -0.05) is 34.1 Å². The fourth-order valence-electron chi connectivity index (χ4n) is 2.10. The molecule has 2 N–H and O–H groups in total. The third kappa shape index (κ3) is 4.77. The number of nitrogens with one attached hydrogen (secondary N) is 2. The van der Waals surface area contributed by atoms with Crippen molar-refractivity contribution < 1.29 is 13.6 Å². The topological polar surface area (TPSA) is 66.6 Å². The summed E-state index contributed by atoms with van der Waals surface area (Å²) in [5.74, 6) is 0.608. The maximum absolute atomic E-state index is 13.2. The van der Waals surface area contributed by atoms with Crippen LogP contribution in [-0.2, 0) is 0 Å². The molecule has 25 heavy (non-hydrogen) atoms. The van der Waals surface area contributed by atoms with E-state index in [-0.39, 0.29) is 5.82 Å². The quantitative estimate of drug-likeness (QED) is 0.476. The summed E-state index contributed by atoms with van der Waals surface area (Å²) in [6, 6.07) is 16.2. The van der Waals surface area contributed by atoms with Crippen molar-refractivity contribution in [1.29, 1.82) is 0 Å². The Morgan fingerprint density at radius 3 is 2.76 bits per heavy atom. The maximum Gasteiger partial charge on any atom is 0.339 e. The fraction of sp³-hybridized carbons (Fsp3) is 0. The Hall–Kier alpha value is -2.93. The molecule has 0 bridgehead atoms. The predicted octanol–water partition coefficient (Wildman–Crippen LogP) is 5.00. The second kappa shape index (κ2) is 7.76. The lowest BCUT2D eigenvalue weighted by atomic mass is 10.2. The van der Waals surface area contributed by atoms with Crippen molar-refractivity contribution in [2.24, 2.45) is 5.10 Å². The van der Waals surface area contributed by atoms with Gasteiger partial charge in [-0.2, -0.15) is 5.10 Å². The Morgan fingerprint density at radius 1 is 1.12 bits per heavy atom. The van der Waals surface area contributed by atoms with Crippen LogP contribution in [0.2, 0.25) is 0 Å². The molecule has 1 aromatic heterocycles. The highest BCUT2D eigenvalue weighted by molar-refractivity contribution is 9.10. The smallest absolute Gasteiger partial charge is 0.339 e. The summed E-state index contributed by atoms with van der Waals surface area (Å²) >= 11 is 3.32. The second-order valence-electron chi connectivity index (χ2n) is 5.05. The zero-order chi connectivity index (χ0) is 17.6. The molecule has 0 spiro atoms. The van der Waals surface area contributed by atoms with E-state index in [0.717, 1.165) is 4.47 Å². The Labute approximate surface area is 151 Å². The van der Waals surface area contributed by atoms with E-state index in [1.54, 1.807) is 42.5 Å². The van der Waals surface area contributed by atoms with Crippen LogP contribution in [-0.4, -0.2) is 12.2 Å². The minimum atomic E-state index is -0.480. The third-order valence-corrected chi connectivity index (χ3v) is 3.67. The van der Waals surface area contributed by atoms with Gasteiger partial charge in [0.05, 0.1) is 6.21 Å². The number of rotatable bonds is 4. The molecule has 5 nitrogen and oxygen atoms in total. The lowest BCUT2D eigenvalue weighted by Gasteiger charge is -2.03. The largest absolute Gasteiger partial charge is 0.455 e. The van der Waals surface area contributed by atoms with Crippen LogP contribution in [0.3, 0.4) is 0 Å². The lowest BCUT2D eigenvalue weighted by Crippen LogP contribution is -2.24. The van der Waals surface area contributed by atoms with Crippen molar-refractivity contribution in [3.63, 3.8) is 0 Å². The summed E-state index contributed by atoms with van der Waals surface area (Å²) in [6.45, 7) is 0. The van der Waals surface area contributed by atoms with Crippen LogP contribution in [0.1, 0.15) is 5.76 Å². The van der Waals surface area contributed by atoms with Crippen LogP contribution < -0.4 is 10.7 Å². The summed E-state index contributed by atoms with van der Waals surface area (Å²) in [7, 11) is 0. The normalized spacial score (nSPS) is 10.8. The van der Waals surface area contributed by atoms with Crippen LogP contribution in [0.15, 0.2) is 74.7 Å². The Balaban J connectivity index is 1.58. The molecule has 0 atom stereocenters. The van der Waals surface area contributed by atoms with Gasteiger partial charge in [0, 0.05) is 15.7 Å². The van der Waals surface area contributed by atoms with E-state index in [2.05, 4.69) is 31.8 Å². The van der Waals surface area contributed by atoms with Crippen molar-refractivity contribution >= 4 is 33.9 Å². The molecule has 0 fully saturated rings. The molecule has 0 aliphatic carbocycles. The van der Waals surface area contributed by atoms with Gasteiger partial charge in [-0.15, -0.1) is 0 Å². The molecule has 0 aliphatic heterocycles. The first-order chi connectivity index (χ1) is 12.1. The number of hydrazone groups is 1. The van der Waals surface area contributed by atoms with Gasteiger partial charge in [0.25, 0.3) is 0 Å². The van der Waals surface area contributed by atoms with E-state index in [1.165, 1.54) is 18.3 Å². The Morgan fingerprint density at radius 2 is 1.96 bits per heavy atom. The van der Waals surface area contributed by atoms with Gasteiger partial charge >= 0.3 is 6.03 Å². The van der Waals surface area contributed by atoms with E-state index >= 15 is 0 Å². The number of benzene rings is 2. The molecule has 0 saturated heterocycles. The number of anilines is 1. The molecule has 126 valence electrons. The number of hydrogen-bond donors (Lipinski definition) is 2. The minimum Gasteiger partial charge on any atom is -0.455 e. The molecule has 2 amide bonds. The van der Waals surface area contributed by atoms with Crippen LogP contribution in [0, 0.1) is 5.82 Å². The van der Waals surface area contributed by atoms with Crippen molar-refractivity contribution in [3.05, 3.63) is 76.7 Å². The highest BCUT2D eigenvalue weighted by Crippen LogP contribution is 2.22. The van der Waals surface area contributed by atoms with Crippen molar-refractivity contribution in [3.8, 4) is 11.3 Å². The van der Waals surface area contributed by atoms with E-state index in [9.17, 15) is 9.18 Å². The van der Waals surface area contributed by atoms with Gasteiger partial charge in [-0.25, -0.2) is 14.6 Å². The van der Waals surface area contributed by atoms with Gasteiger partial charge in [0.2, 0.25) is 0 Å². The van der Waals surface area contributed by atoms with Crippen LogP contribution in [0.4, 0.5) is 14.9 Å². The number of furan rings is 1. The van der Waals surface area contributed by atoms with Crippen LogP contribution in [0.25, 0.3) is 11.3 Å². The SMILES string of the molecule is O=C(N/N=C/c1ccc(-c2cccc(F)c2)o1)Nc1cccc(Br)c1. The molecule has 7 heteroatoms. The molecular formula is C18H13BrFN3O2. The number of nitrogens with zero attached hydrogens (tertiary/aromatic N) is 1. The molecule has 1 heterocycles. The van der Waals surface area contributed by atoms with Gasteiger partial charge in [-0.05, 0) is 42.5 Å². The average Bonchev–Trinajstić information content (AvgIpc) is 3.04. The third-order valence-electron chi connectivity index (χ3n) is 3.18. The fourth-order valence-corrected chi connectivity index (χ4v) is 2.50. The second-order valence-corrected chi connectivity index (χ2v) is 5.96. The molecule has 3 aromatic rings.